The predicted octanol–water partition coefficient (Wildman–Crippen LogP) is 2.64. The summed E-state index contributed by atoms with van der Waals surface area (Å²) in [5.74, 6) is 1.22. The van der Waals surface area contributed by atoms with Crippen molar-refractivity contribution in [2.75, 3.05) is 30.3 Å². The molecule has 9 heteroatoms. The summed E-state index contributed by atoms with van der Waals surface area (Å²) >= 11 is 0. The van der Waals surface area contributed by atoms with E-state index in [0.717, 1.165) is 17.4 Å². The van der Waals surface area contributed by atoms with Crippen molar-refractivity contribution in [1.82, 2.24) is 5.32 Å². The molecule has 0 saturated carbocycles. The van der Waals surface area contributed by atoms with Crippen molar-refractivity contribution in [2.45, 2.75) is 33.4 Å². The van der Waals surface area contributed by atoms with E-state index >= 15 is 0 Å². The molecule has 0 fully saturated rings. The van der Waals surface area contributed by atoms with E-state index in [9.17, 15) is 13.2 Å². The number of aryl methyl sites for hydroxylation is 1. The fraction of sp³-hybridized carbons (Fsp3) is 0.409. The fourth-order valence-corrected chi connectivity index (χ4v) is 4.23. The number of rotatable bonds is 8. The molecule has 1 aliphatic rings. The predicted molar refractivity (Wildman–Crippen MR) is 118 cm³/mol. The van der Waals surface area contributed by atoms with Crippen molar-refractivity contribution in [3.8, 4) is 17.2 Å². The van der Waals surface area contributed by atoms with Gasteiger partial charge in [-0.2, -0.15) is 0 Å². The first-order valence-corrected chi connectivity index (χ1v) is 12.0. The highest BCUT2D eigenvalue weighted by Crippen LogP contribution is 2.36. The lowest BCUT2D eigenvalue weighted by Gasteiger charge is -2.34. The largest absolute Gasteiger partial charge is 0.490 e. The van der Waals surface area contributed by atoms with Crippen LogP contribution in [0.4, 0.5) is 5.69 Å². The third-order valence-electron chi connectivity index (χ3n) is 4.75. The molecule has 3 rings (SSSR count). The summed E-state index contributed by atoms with van der Waals surface area (Å²) in [4.78, 5) is 12.8. The van der Waals surface area contributed by atoms with Gasteiger partial charge >= 0.3 is 0 Å². The van der Waals surface area contributed by atoms with E-state index in [1.807, 2.05) is 39.0 Å². The third kappa shape index (κ3) is 5.41. The highest BCUT2D eigenvalue weighted by Gasteiger charge is 2.35. The lowest BCUT2D eigenvalue weighted by molar-refractivity contribution is -0.127. The third-order valence-corrected chi connectivity index (χ3v) is 5.90. The molecule has 2 aromatic carbocycles. The molecule has 168 valence electrons. The van der Waals surface area contributed by atoms with Crippen molar-refractivity contribution in [3.63, 3.8) is 0 Å². The lowest BCUT2D eigenvalue weighted by atomic mass is 10.1. The molecule has 1 heterocycles. The fourth-order valence-electron chi connectivity index (χ4n) is 3.32. The van der Waals surface area contributed by atoms with Gasteiger partial charge in [0.05, 0.1) is 31.7 Å². The number of hydrogen-bond acceptors (Lipinski definition) is 6. The van der Waals surface area contributed by atoms with Crippen molar-refractivity contribution in [2.24, 2.45) is 0 Å². The number of carbonyl (C=O) groups excluding carboxylic acids is 1. The van der Waals surface area contributed by atoms with Crippen LogP contribution < -0.4 is 23.8 Å². The SMILES string of the molecule is CCOc1ccc(CNC(=O)C2CN(S(C)(=O)=O)c3cc(C)ccc3O2)cc1OCC. The number of amides is 1. The Morgan fingerprint density at radius 2 is 1.84 bits per heavy atom. The maximum absolute atomic E-state index is 12.8. The second kappa shape index (κ2) is 9.47. The molecule has 0 bridgehead atoms. The van der Waals surface area contributed by atoms with Crippen LogP contribution in [0.3, 0.4) is 0 Å². The molecule has 1 aliphatic heterocycles. The zero-order valence-electron chi connectivity index (χ0n) is 18.2. The highest BCUT2D eigenvalue weighted by atomic mass is 32.2. The Bertz CT molecular complexity index is 1050. The number of carbonyl (C=O) groups is 1. The number of nitrogens with one attached hydrogen (secondary N) is 1. The summed E-state index contributed by atoms with van der Waals surface area (Å²) in [6.07, 6.45) is 0.160. The van der Waals surface area contributed by atoms with Crippen LogP contribution in [0, 0.1) is 6.92 Å². The number of sulfonamides is 1. The molecule has 1 N–H and O–H groups in total. The first kappa shape index (κ1) is 22.7. The molecule has 0 saturated heterocycles. The molecule has 1 atom stereocenters. The summed E-state index contributed by atoms with van der Waals surface area (Å²) in [6.45, 7) is 6.82. The average molecular weight is 449 g/mol. The minimum Gasteiger partial charge on any atom is -0.490 e. The van der Waals surface area contributed by atoms with Crippen LogP contribution in [-0.4, -0.2) is 46.4 Å². The van der Waals surface area contributed by atoms with E-state index in [2.05, 4.69) is 5.32 Å². The number of fused-ring (bicyclic) bond motifs is 1. The van der Waals surface area contributed by atoms with Crippen LogP contribution in [0.15, 0.2) is 36.4 Å². The van der Waals surface area contributed by atoms with E-state index in [-0.39, 0.29) is 13.1 Å². The summed E-state index contributed by atoms with van der Waals surface area (Å²) in [5, 5.41) is 2.82. The molecule has 0 radical (unpaired) electrons. The Hall–Kier alpha value is -2.94. The first-order valence-electron chi connectivity index (χ1n) is 10.1. The average Bonchev–Trinajstić information content (AvgIpc) is 2.72. The van der Waals surface area contributed by atoms with Crippen LogP contribution >= 0.6 is 0 Å². The van der Waals surface area contributed by atoms with E-state index in [4.69, 9.17) is 14.2 Å². The molecule has 2 aromatic rings. The van der Waals surface area contributed by atoms with Crippen molar-refractivity contribution in [1.29, 1.82) is 0 Å². The van der Waals surface area contributed by atoms with Crippen LogP contribution in [0.1, 0.15) is 25.0 Å². The Balaban J connectivity index is 1.74. The molecule has 0 aliphatic carbocycles. The Labute approximate surface area is 183 Å². The minimum absolute atomic E-state index is 0.0887. The molecular weight excluding hydrogens is 420 g/mol. The molecule has 1 unspecified atom stereocenters. The molecule has 1 amide bonds. The Morgan fingerprint density at radius 1 is 1.13 bits per heavy atom. The zero-order chi connectivity index (χ0) is 22.6. The Kier molecular flexibility index (Phi) is 6.94. The van der Waals surface area contributed by atoms with Crippen LogP contribution in [-0.2, 0) is 21.4 Å². The second-order valence-corrected chi connectivity index (χ2v) is 9.14. The van der Waals surface area contributed by atoms with Gasteiger partial charge in [-0.05, 0) is 56.2 Å². The summed E-state index contributed by atoms with van der Waals surface area (Å²) in [6, 6.07) is 10.7. The molecule has 8 nitrogen and oxygen atoms in total. The van der Waals surface area contributed by atoms with Crippen molar-refractivity contribution < 1.29 is 27.4 Å². The summed E-state index contributed by atoms with van der Waals surface area (Å²) in [7, 11) is -3.57. The number of benzene rings is 2. The number of ether oxygens (including phenoxy) is 3. The van der Waals surface area contributed by atoms with Gasteiger partial charge < -0.3 is 19.5 Å². The maximum Gasteiger partial charge on any atom is 0.263 e. The highest BCUT2D eigenvalue weighted by molar-refractivity contribution is 7.92. The van der Waals surface area contributed by atoms with Crippen LogP contribution in [0.2, 0.25) is 0 Å². The number of hydrogen-bond donors (Lipinski definition) is 1. The van der Waals surface area contributed by atoms with Gasteiger partial charge in [-0.3, -0.25) is 9.10 Å². The lowest BCUT2D eigenvalue weighted by Crippen LogP contribution is -2.50. The van der Waals surface area contributed by atoms with E-state index in [1.54, 1.807) is 18.2 Å². The molecule has 0 spiro atoms. The van der Waals surface area contributed by atoms with Gasteiger partial charge in [0.25, 0.3) is 5.91 Å². The minimum atomic E-state index is -3.57. The zero-order valence-corrected chi connectivity index (χ0v) is 19.0. The molecule has 0 aromatic heterocycles. The molecular formula is C22H28N2O6S. The Morgan fingerprint density at radius 3 is 2.52 bits per heavy atom. The van der Waals surface area contributed by atoms with Gasteiger partial charge in [0.15, 0.2) is 17.6 Å². The van der Waals surface area contributed by atoms with Gasteiger partial charge in [-0.1, -0.05) is 12.1 Å². The summed E-state index contributed by atoms with van der Waals surface area (Å²) < 4.78 is 42.8. The van der Waals surface area contributed by atoms with Gasteiger partial charge in [-0.15, -0.1) is 0 Å². The smallest absolute Gasteiger partial charge is 0.263 e. The van der Waals surface area contributed by atoms with Crippen molar-refractivity contribution in [3.05, 3.63) is 47.5 Å². The van der Waals surface area contributed by atoms with Gasteiger partial charge in [-0.25, -0.2) is 8.42 Å². The van der Waals surface area contributed by atoms with Gasteiger partial charge in [0, 0.05) is 6.54 Å². The topological polar surface area (TPSA) is 94.2 Å². The van der Waals surface area contributed by atoms with Gasteiger partial charge in [0.1, 0.15) is 5.75 Å². The normalized spacial score (nSPS) is 15.6. The second-order valence-electron chi connectivity index (χ2n) is 7.24. The van der Waals surface area contributed by atoms with E-state index in [0.29, 0.717) is 36.1 Å². The summed E-state index contributed by atoms with van der Waals surface area (Å²) in [5.41, 5.74) is 2.17. The monoisotopic (exact) mass is 448 g/mol. The van der Waals surface area contributed by atoms with Crippen molar-refractivity contribution >= 4 is 21.6 Å². The van der Waals surface area contributed by atoms with Crippen LogP contribution in [0.5, 0.6) is 17.2 Å². The van der Waals surface area contributed by atoms with E-state index in [1.165, 1.54) is 4.31 Å². The quantitative estimate of drug-likeness (QED) is 0.667. The van der Waals surface area contributed by atoms with Crippen LogP contribution in [0.25, 0.3) is 0 Å². The van der Waals surface area contributed by atoms with Gasteiger partial charge in [0.2, 0.25) is 10.0 Å². The standard InChI is InChI=1S/C22H28N2O6S/c1-5-28-19-10-8-16(12-20(19)29-6-2)13-23-22(25)21-14-24(31(4,26)27)17-11-15(3)7-9-18(17)30-21/h7-12,21H,5-6,13-14H2,1-4H3,(H,23,25). The maximum atomic E-state index is 12.8. The molecule has 31 heavy (non-hydrogen) atoms. The first-order chi connectivity index (χ1) is 14.7. The number of nitrogens with zero attached hydrogens (tertiary/aromatic N) is 1. The number of anilines is 1. The van der Waals surface area contributed by atoms with E-state index < -0.39 is 22.0 Å².